The molecule has 9 heteroatoms. The molecule has 0 saturated carbocycles. The maximum absolute atomic E-state index is 11.5. The number of benzene rings is 1. The summed E-state index contributed by atoms with van der Waals surface area (Å²) < 4.78 is 29.8. The van der Waals surface area contributed by atoms with Crippen LogP contribution in [-0.4, -0.2) is 28.6 Å². The summed E-state index contributed by atoms with van der Waals surface area (Å²) in [4.78, 5) is -0.0655. The van der Waals surface area contributed by atoms with Crippen molar-refractivity contribution in [2.24, 2.45) is 7.05 Å². The average molecular weight is 303 g/mol. The molecule has 102 valence electrons. The zero-order valence-corrected chi connectivity index (χ0v) is 11.8. The molecular formula is C10H11ClN4O3S. The van der Waals surface area contributed by atoms with Gasteiger partial charge >= 0.3 is 0 Å². The van der Waals surface area contributed by atoms with E-state index < -0.39 is 9.05 Å². The first-order chi connectivity index (χ1) is 8.88. The maximum Gasteiger partial charge on any atom is 0.264 e. The number of halogens is 1. The van der Waals surface area contributed by atoms with Gasteiger partial charge in [-0.2, -0.15) is 0 Å². The third-order valence-electron chi connectivity index (χ3n) is 2.43. The predicted octanol–water partition coefficient (Wildman–Crippen LogP) is 1.03. The van der Waals surface area contributed by atoms with Gasteiger partial charge in [0.25, 0.3) is 9.05 Å². The molecule has 0 saturated heterocycles. The highest BCUT2D eigenvalue weighted by Crippen LogP contribution is 2.28. The molecule has 0 aliphatic heterocycles. The topological polar surface area (TPSA) is 87.0 Å². The molecule has 0 aliphatic rings. The molecule has 2 rings (SSSR count). The standard InChI is InChI=1S/C10H11ClN4O3S/c1-7-3-4-8(9(5-7)19(11,16)17)18-6-10-12-13-14-15(10)2/h3-5H,6H2,1-2H3. The van der Waals surface area contributed by atoms with Gasteiger partial charge in [0.2, 0.25) is 0 Å². The van der Waals surface area contributed by atoms with Crippen LogP contribution in [0.3, 0.4) is 0 Å². The number of ether oxygens (including phenoxy) is 1. The quantitative estimate of drug-likeness (QED) is 0.784. The molecule has 0 radical (unpaired) electrons. The zero-order chi connectivity index (χ0) is 14.0. The van der Waals surface area contributed by atoms with E-state index in [2.05, 4.69) is 15.5 Å². The van der Waals surface area contributed by atoms with Crippen LogP contribution in [0.2, 0.25) is 0 Å². The van der Waals surface area contributed by atoms with Crippen LogP contribution >= 0.6 is 10.7 Å². The first kappa shape index (κ1) is 13.8. The summed E-state index contributed by atoms with van der Waals surface area (Å²) in [5, 5.41) is 10.8. The number of rotatable bonds is 4. The monoisotopic (exact) mass is 302 g/mol. The van der Waals surface area contributed by atoms with Gasteiger partial charge in [-0.25, -0.2) is 13.1 Å². The van der Waals surface area contributed by atoms with Crippen LogP contribution in [0.15, 0.2) is 23.1 Å². The van der Waals surface area contributed by atoms with Crippen LogP contribution in [0.4, 0.5) is 0 Å². The molecule has 1 aromatic heterocycles. The normalized spacial score (nSPS) is 11.5. The summed E-state index contributed by atoms with van der Waals surface area (Å²) in [5.41, 5.74) is 0.770. The molecule has 2 aromatic rings. The molecule has 0 spiro atoms. The largest absolute Gasteiger partial charge is 0.484 e. The van der Waals surface area contributed by atoms with Gasteiger partial charge in [-0.05, 0) is 35.0 Å². The minimum Gasteiger partial charge on any atom is -0.484 e. The lowest BCUT2D eigenvalue weighted by molar-refractivity contribution is 0.282. The van der Waals surface area contributed by atoms with Gasteiger partial charge in [-0.3, -0.25) is 0 Å². The Balaban J connectivity index is 2.28. The summed E-state index contributed by atoms with van der Waals surface area (Å²) in [6, 6.07) is 4.73. The fourth-order valence-electron chi connectivity index (χ4n) is 1.44. The zero-order valence-electron chi connectivity index (χ0n) is 10.2. The van der Waals surface area contributed by atoms with E-state index >= 15 is 0 Å². The molecule has 7 nitrogen and oxygen atoms in total. The molecular weight excluding hydrogens is 292 g/mol. The fourth-order valence-corrected chi connectivity index (χ4v) is 2.49. The van der Waals surface area contributed by atoms with Crippen molar-refractivity contribution in [1.82, 2.24) is 20.2 Å². The molecule has 0 fully saturated rings. The van der Waals surface area contributed by atoms with Crippen molar-refractivity contribution in [3.05, 3.63) is 29.6 Å². The highest BCUT2D eigenvalue weighted by Gasteiger charge is 2.17. The Kier molecular flexibility index (Phi) is 3.72. The Labute approximate surface area is 114 Å². The lowest BCUT2D eigenvalue weighted by Gasteiger charge is -2.09. The van der Waals surface area contributed by atoms with E-state index in [0.717, 1.165) is 5.56 Å². The molecule has 0 N–H and O–H groups in total. The van der Waals surface area contributed by atoms with E-state index in [0.29, 0.717) is 5.82 Å². The van der Waals surface area contributed by atoms with Crippen LogP contribution in [0.5, 0.6) is 5.75 Å². The van der Waals surface area contributed by atoms with Crippen LogP contribution in [0.1, 0.15) is 11.4 Å². The Bertz CT molecular complexity index is 699. The van der Waals surface area contributed by atoms with Gasteiger partial charge in [0.15, 0.2) is 5.82 Å². The maximum atomic E-state index is 11.5. The van der Waals surface area contributed by atoms with Gasteiger partial charge < -0.3 is 4.74 Å². The van der Waals surface area contributed by atoms with E-state index in [1.54, 1.807) is 26.1 Å². The lowest BCUT2D eigenvalue weighted by atomic mass is 10.2. The van der Waals surface area contributed by atoms with Crippen LogP contribution in [0, 0.1) is 6.92 Å². The Morgan fingerprint density at radius 1 is 1.42 bits per heavy atom. The molecule has 19 heavy (non-hydrogen) atoms. The Hall–Kier alpha value is -1.67. The number of nitrogens with zero attached hydrogens (tertiary/aromatic N) is 4. The number of hydrogen-bond donors (Lipinski definition) is 0. The second-order valence-corrected chi connectivity index (χ2v) is 6.43. The summed E-state index contributed by atoms with van der Waals surface area (Å²) in [7, 11) is 3.17. The van der Waals surface area contributed by atoms with Crippen molar-refractivity contribution in [3.8, 4) is 5.75 Å². The molecule has 1 heterocycles. The van der Waals surface area contributed by atoms with E-state index in [-0.39, 0.29) is 17.3 Å². The van der Waals surface area contributed by atoms with Crippen LogP contribution in [0.25, 0.3) is 0 Å². The fraction of sp³-hybridized carbons (Fsp3) is 0.300. The molecule has 1 aromatic carbocycles. The number of hydrogen-bond acceptors (Lipinski definition) is 6. The van der Waals surface area contributed by atoms with E-state index in [9.17, 15) is 8.42 Å². The summed E-state index contributed by atoms with van der Waals surface area (Å²) in [6.45, 7) is 1.81. The molecule has 0 atom stereocenters. The van der Waals surface area contributed by atoms with Crippen molar-refractivity contribution >= 4 is 19.7 Å². The number of aryl methyl sites for hydroxylation is 2. The van der Waals surface area contributed by atoms with Gasteiger partial charge in [0.1, 0.15) is 17.3 Å². The van der Waals surface area contributed by atoms with Crippen molar-refractivity contribution in [2.75, 3.05) is 0 Å². The molecule has 0 amide bonds. The van der Waals surface area contributed by atoms with Crippen molar-refractivity contribution in [3.63, 3.8) is 0 Å². The average Bonchev–Trinajstić information content (AvgIpc) is 2.72. The first-order valence-electron chi connectivity index (χ1n) is 5.27. The van der Waals surface area contributed by atoms with Gasteiger partial charge in [0.05, 0.1) is 0 Å². The molecule has 0 aliphatic carbocycles. The predicted molar refractivity (Wildman–Crippen MR) is 67.3 cm³/mol. The second-order valence-electron chi connectivity index (χ2n) is 3.90. The number of tetrazole rings is 1. The summed E-state index contributed by atoms with van der Waals surface area (Å²) >= 11 is 0. The Morgan fingerprint density at radius 3 is 2.74 bits per heavy atom. The minimum atomic E-state index is -3.87. The van der Waals surface area contributed by atoms with E-state index in [1.165, 1.54) is 10.7 Å². The van der Waals surface area contributed by atoms with Crippen molar-refractivity contribution in [1.29, 1.82) is 0 Å². The Morgan fingerprint density at radius 2 is 2.16 bits per heavy atom. The van der Waals surface area contributed by atoms with Crippen LogP contribution < -0.4 is 4.74 Å². The third-order valence-corrected chi connectivity index (χ3v) is 3.77. The van der Waals surface area contributed by atoms with Gasteiger partial charge in [-0.15, -0.1) is 5.10 Å². The summed E-state index contributed by atoms with van der Waals surface area (Å²) in [6.07, 6.45) is 0. The SMILES string of the molecule is Cc1ccc(OCc2nnnn2C)c(S(=O)(=O)Cl)c1. The van der Waals surface area contributed by atoms with Crippen LogP contribution in [-0.2, 0) is 22.7 Å². The van der Waals surface area contributed by atoms with Crippen molar-refractivity contribution in [2.45, 2.75) is 18.4 Å². The van der Waals surface area contributed by atoms with E-state index in [1.807, 2.05) is 0 Å². The first-order valence-corrected chi connectivity index (χ1v) is 7.58. The van der Waals surface area contributed by atoms with Crippen molar-refractivity contribution < 1.29 is 13.2 Å². The highest BCUT2D eigenvalue weighted by molar-refractivity contribution is 8.13. The van der Waals surface area contributed by atoms with Gasteiger partial charge in [0, 0.05) is 17.7 Å². The highest BCUT2D eigenvalue weighted by atomic mass is 35.7. The minimum absolute atomic E-state index is 0.0476. The lowest BCUT2D eigenvalue weighted by Crippen LogP contribution is -2.06. The summed E-state index contributed by atoms with van der Waals surface area (Å²) in [5.74, 6) is 0.641. The molecule has 0 bridgehead atoms. The number of aromatic nitrogens is 4. The second kappa shape index (κ2) is 5.14. The van der Waals surface area contributed by atoms with E-state index in [4.69, 9.17) is 15.4 Å². The molecule has 0 unspecified atom stereocenters. The third kappa shape index (κ3) is 3.21. The van der Waals surface area contributed by atoms with Gasteiger partial charge in [-0.1, -0.05) is 6.07 Å². The smallest absolute Gasteiger partial charge is 0.264 e.